The second-order valence-corrected chi connectivity index (χ2v) is 7.15. The minimum Gasteiger partial charge on any atom is -0.464 e. The number of imidazole rings is 1. The standard InChI is InChI=1S/C19H18BrN5O/c1-21-15-6-4-14(5-7-15)17-16(20)18-23-9-10-25(18)19(24-17)26-12-13-3-2-8-22-11-13/h4-7,9-10,13,22H,2-3,8,11-12H2/t13-/m1/s1. The molecule has 3 aromatic rings. The lowest BCUT2D eigenvalue weighted by Crippen LogP contribution is -2.33. The lowest BCUT2D eigenvalue weighted by Gasteiger charge is -2.22. The summed E-state index contributed by atoms with van der Waals surface area (Å²) in [6.45, 7) is 9.79. The summed E-state index contributed by atoms with van der Waals surface area (Å²) in [5, 5.41) is 3.41. The fourth-order valence-electron chi connectivity index (χ4n) is 3.17. The number of nitrogens with one attached hydrogen (secondary N) is 1. The van der Waals surface area contributed by atoms with Gasteiger partial charge in [0.2, 0.25) is 0 Å². The largest absolute Gasteiger partial charge is 0.464 e. The molecule has 1 aromatic carbocycles. The van der Waals surface area contributed by atoms with Gasteiger partial charge in [0.1, 0.15) is 0 Å². The van der Waals surface area contributed by atoms with Crippen LogP contribution in [-0.2, 0) is 0 Å². The van der Waals surface area contributed by atoms with Crippen LogP contribution in [0.1, 0.15) is 12.8 Å². The van der Waals surface area contributed by atoms with Crippen molar-refractivity contribution in [3.8, 4) is 17.3 Å². The van der Waals surface area contributed by atoms with Gasteiger partial charge in [-0.05, 0) is 40.9 Å². The number of benzene rings is 1. The Bertz CT molecular complexity index is 954. The SMILES string of the molecule is [C-]#[N+]c1ccc(-c2nc(OC[C@@H]3CCCNC3)n3ccnc3c2Br)cc1. The molecule has 6 nitrogen and oxygen atoms in total. The fraction of sp³-hybridized carbons (Fsp3) is 0.316. The quantitative estimate of drug-likeness (QED) is 0.656. The van der Waals surface area contributed by atoms with Crippen LogP contribution in [0.2, 0.25) is 0 Å². The van der Waals surface area contributed by atoms with E-state index in [9.17, 15) is 0 Å². The highest BCUT2D eigenvalue weighted by Crippen LogP contribution is 2.33. The van der Waals surface area contributed by atoms with E-state index >= 15 is 0 Å². The molecule has 0 spiro atoms. The molecule has 26 heavy (non-hydrogen) atoms. The predicted octanol–water partition coefficient (Wildman–Crippen LogP) is 4.09. The van der Waals surface area contributed by atoms with Gasteiger partial charge in [-0.1, -0.05) is 24.3 Å². The minimum atomic E-state index is 0.495. The molecule has 1 fully saturated rings. The number of ether oxygens (including phenoxy) is 1. The summed E-state index contributed by atoms with van der Waals surface area (Å²) in [4.78, 5) is 12.6. The molecule has 1 saturated heterocycles. The summed E-state index contributed by atoms with van der Waals surface area (Å²) < 4.78 is 8.75. The second-order valence-electron chi connectivity index (χ2n) is 6.36. The first-order valence-electron chi connectivity index (χ1n) is 8.60. The topological polar surface area (TPSA) is 55.8 Å². The van der Waals surface area contributed by atoms with E-state index in [1.165, 1.54) is 12.8 Å². The highest BCUT2D eigenvalue weighted by atomic mass is 79.9. The predicted molar refractivity (Wildman–Crippen MR) is 103 cm³/mol. The molecule has 0 bridgehead atoms. The van der Waals surface area contributed by atoms with E-state index < -0.39 is 0 Å². The third-order valence-corrected chi connectivity index (χ3v) is 5.31. The van der Waals surface area contributed by atoms with Gasteiger partial charge in [0, 0.05) is 24.9 Å². The number of rotatable bonds is 4. The van der Waals surface area contributed by atoms with E-state index in [-0.39, 0.29) is 0 Å². The number of hydrogen-bond acceptors (Lipinski definition) is 4. The molecule has 0 saturated carbocycles. The molecule has 1 aliphatic heterocycles. The monoisotopic (exact) mass is 411 g/mol. The number of piperidine rings is 1. The van der Waals surface area contributed by atoms with Crippen molar-refractivity contribution in [1.82, 2.24) is 19.7 Å². The van der Waals surface area contributed by atoms with E-state index in [2.05, 4.69) is 31.1 Å². The Morgan fingerprint density at radius 3 is 2.92 bits per heavy atom. The number of halogens is 1. The molecule has 0 unspecified atom stereocenters. The molecule has 7 heteroatoms. The first-order valence-corrected chi connectivity index (χ1v) is 9.39. The highest BCUT2D eigenvalue weighted by molar-refractivity contribution is 9.10. The zero-order valence-corrected chi connectivity index (χ0v) is 15.7. The highest BCUT2D eigenvalue weighted by Gasteiger charge is 2.18. The molecule has 3 heterocycles. The van der Waals surface area contributed by atoms with Crippen molar-refractivity contribution in [2.45, 2.75) is 12.8 Å². The van der Waals surface area contributed by atoms with E-state index in [1.54, 1.807) is 18.3 Å². The summed E-state index contributed by atoms with van der Waals surface area (Å²) in [6.07, 6.45) is 5.94. The van der Waals surface area contributed by atoms with Gasteiger partial charge in [0.15, 0.2) is 11.3 Å². The van der Waals surface area contributed by atoms with E-state index in [0.29, 0.717) is 24.2 Å². The van der Waals surface area contributed by atoms with Crippen LogP contribution in [0.15, 0.2) is 41.1 Å². The second kappa shape index (κ2) is 7.44. The van der Waals surface area contributed by atoms with Crippen molar-refractivity contribution in [3.05, 3.63) is 52.5 Å². The van der Waals surface area contributed by atoms with Crippen molar-refractivity contribution >= 4 is 27.3 Å². The Kier molecular flexibility index (Phi) is 4.87. The average molecular weight is 412 g/mol. The minimum absolute atomic E-state index is 0.495. The van der Waals surface area contributed by atoms with Crippen LogP contribution in [0.3, 0.4) is 0 Å². The van der Waals surface area contributed by atoms with Crippen LogP contribution < -0.4 is 10.1 Å². The van der Waals surface area contributed by atoms with Crippen LogP contribution >= 0.6 is 15.9 Å². The molecule has 1 atom stereocenters. The first kappa shape index (κ1) is 17.0. The summed E-state index contributed by atoms with van der Waals surface area (Å²) in [6, 6.07) is 7.92. The molecular formula is C19H18BrN5O. The van der Waals surface area contributed by atoms with Crippen LogP contribution in [0.5, 0.6) is 6.01 Å². The van der Waals surface area contributed by atoms with Crippen LogP contribution in [-0.4, -0.2) is 34.1 Å². The zero-order valence-electron chi connectivity index (χ0n) is 14.2. The van der Waals surface area contributed by atoms with Gasteiger partial charge >= 0.3 is 6.01 Å². The van der Waals surface area contributed by atoms with Gasteiger partial charge in [-0.25, -0.2) is 9.83 Å². The first-order chi connectivity index (χ1) is 12.8. The van der Waals surface area contributed by atoms with Crippen LogP contribution in [0.25, 0.3) is 21.7 Å². The van der Waals surface area contributed by atoms with Crippen LogP contribution in [0.4, 0.5) is 5.69 Å². The maximum absolute atomic E-state index is 7.10. The Hall–Kier alpha value is -2.43. The number of aromatic nitrogens is 3. The molecule has 0 amide bonds. The summed E-state index contributed by atoms with van der Waals surface area (Å²) >= 11 is 3.62. The summed E-state index contributed by atoms with van der Waals surface area (Å²) in [5.74, 6) is 0.495. The Morgan fingerprint density at radius 1 is 1.35 bits per heavy atom. The maximum atomic E-state index is 7.10. The Balaban J connectivity index is 1.69. The molecular weight excluding hydrogens is 394 g/mol. The normalized spacial score (nSPS) is 17.2. The Morgan fingerprint density at radius 2 is 2.19 bits per heavy atom. The number of fused-ring (bicyclic) bond motifs is 1. The van der Waals surface area contributed by atoms with Crippen molar-refractivity contribution in [2.24, 2.45) is 5.92 Å². The van der Waals surface area contributed by atoms with Gasteiger partial charge in [-0.3, -0.25) is 4.40 Å². The van der Waals surface area contributed by atoms with Crippen molar-refractivity contribution < 1.29 is 4.74 Å². The van der Waals surface area contributed by atoms with Gasteiger partial charge in [0.05, 0.1) is 23.3 Å². The summed E-state index contributed by atoms with van der Waals surface area (Å²) in [5.41, 5.74) is 3.05. The van der Waals surface area contributed by atoms with Crippen LogP contribution in [0, 0.1) is 12.5 Å². The third-order valence-electron chi connectivity index (χ3n) is 4.58. The smallest absolute Gasteiger partial charge is 0.302 e. The molecule has 0 aliphatic carbocycles. The molecule has 1 aliphatic rings. The molecule has 132 valence electrons. The Labute approximate surface area is 160 Å². The van der Waals surface area contributed by atoms with Gasteiger partial charge < -0.3 is 10.1 Å². The van der Waals surface area contributed by atoms with E-state index in [0.717, 1.165) is 34.5 Å². The van der Waals surface area contributed by atoms with E-state index in [4.69, 9.17) is 16.3 Å². The molecule has 1 N–H and O–H groups in total. The molecule has 4 rings (SSSR count). The van der Waals surface area contributed by atoms with Crippen molar-refractivity contribution in [1.29, 1.82) is 0 Å². The molecule has 2 aromatic heterocycles. The third kappa shape index (κ3) is 3.30. The summed E-state index contributed by atoms with van der Waals surface area (Å²) in [7, 11) is 0. The van der Waals surface area contributed by atoms with E-state index in [1.807, 2.05) is 22.7 Å². The van der Waals surface area contributed by atoms with Gasteiger partial charge in [0.25, 0.3) is 0 Å². The van der Waals surface area contributed by atoms with Crippen molar-refractivity contribution in [3.63, 3.8) is 0 Å². The number of hydrogen-bond donors (Lipinski definition) is 1. The average Bonchev–Trinajstić information content (AvgIpc) is 3.19. The van der Waals surface area contributed by atoms with Crippen molar-refractivity contribution in [2.75, 3.05) is 19.7 Å². The fourth-order valence-corrected chi connectivity index (χ4v) is 3.78. The molecule has 0 radical (unpaired) electrons. The maximum Gasteiger partial charge on any atom is 0.302 e. The van der Waals surface area contributed by atoms with Gasteiger partial charge in [-0.2, -0.15) is 4.98 Å². The number of nitrogens with zero attached hydrogens (tertiary/aromatic N) is 4. The lowest BCUT2D eigenvalue weighted by molar-refractivity contribution is 0.203. The zero-order chi connectivity index (χ0) is 17.9. The van der Waals surface area contributed by atoms with Gasteiger partial charge in [-0.15, -0.1) is 0 Å². The lowest BCUT2D eigenvalue weighted by atomic mass is 10.0.